The Morgan fingerprint density at radius 3 is 1.23 bits per heavy atom. The van der Waals surface area contributed by atoms with E-state index in [4.69, 9.17) is 14.2 Å². The summed E-state index contributed by atoms with van der Waals surface area (Å²) in [5.41, 5.74) is 0. The summed E-state index contributed by atoms with van der Waals surface area (Å²) in [5.74, 6) is 0. The lowest BCUT2D eigenvalue weighted by Crippen LogP contribution is -2.34. The molecular formula is C19H34O3. The monoisotopic (exact) mass is 310 g/mol. The van der Waals surface area contributed by atoms with Gasteiger partial charge in [-0.1, -0.05) is 19.3 Å². The second-order valence-corrected chi connectivity index (χ2v) is 7.57. The smallest absolute Gasteiger partial charge is 0.0580 e. The molecule has 22 heavy (non-hydrogen) atoms. The van der Waals surface area contributed by atoms with E-state index >= 15 is 0 Å². The maximum absolute atomic E-state index is 6.35. The third kappa shape index (κ3) is 4.94. The van der Waals surface area contributed by atoms with E-state index in [2.05, 4.69) is 0 Å². The molecular weight excluding hydrogens is 276 g/mol. The zero-order chi connectivity index (χ0) is 15.2. The minimum atomic E-state index is 0.472. The quantitative estimate of drug-likeness (QED) is 0.741. The molecule has 3 saturated carbocycles. The summed E-state index contributed by atoms with van der Waals surface area (Å²) in [7, 11) is 1.83. The first-order chi connectivity index (χ1) is 10.8. The summed E-state index contributed by atoms with van der Waals surface area (Å²) in [6.07, 6.45) is 18.7. The number of ether oxygens (including phenoxy) is 3. The molecule has 3 rings (SSSR count). The fraction of sp³-hybridized carbons (Fsp3) is 1.00. The molecule has 0 aliphatic heterocycles. The molecule has 0 atom stereocenters. The van der Waals surface area contributed by atoms with Gasteiger partial charge in [-0.25, -0.2) is 0 Å². The van der Waals surface area contributed by atoms with E-state index in [-0.39, 0.29) is 0 Å². The molecule has 0 bridgehead atoms. The Morgan fingerprint density at radius 2 is 0.818 bits per heavy atom. The SMILES string of the molecule is COC1CCC(OC2CCC(OC3CCCCC3)CC2)CC1. The molecule has 0 heterocycles. The van der Waals surface area contributed by atoms with Gasteiger partial charge < -0.3 is 14.2 Å². The lowest BCUT2D eigenvalue weighted by atomic mass is 9.91. The molecule has 3 heteroatoms. The Morgan fingerprint density at radius 1 is 0.455 bits per heavy atom. The van der Waals surface area contributed by atoms with E-state index in [9.17, 15) is 0 Å². The van der Waals surface area contributed by atoms with Crippen LogP contribution in [-0.4, -0.2) is 37.6 Å². The van der Waals surface area contributed by atoms with Gasteiger partial charge in [-0.2, -0.15) is 0 Å². The van der Waals surface area contributed by atoms with Gasteiger partial charge in [-0.3, -0.25) is 0 Å². The molecule has 0 amide bonds. The Hall–Kier alpha value is -0.120. The van der Waals surface area contributed by atoms with Crippen molar-refractivity contribution in [3.63, 3.8) is 0 Å². The Balaban J connectivity index is 1.32. The molecule has 3 fully saturated rings. The molecule has 0 unspecified atom stereocenters. The summed E-state index contributed by atoms with van der Waals surface area (Å²) in [4.78, 5) is 0. The van der Waals surface area contributed by atoms with Crippen molar-refractivity contribution in [1.82, 2.24) is 0 Å². The van der Waals surface area contributed by atoms with Crippen molar-refractivity contribution in [1.29, 1.82) is 0 Å². The third-order valence-corrected chi connectivity index (χ3v) is 5.90. The van der Waals surface area contributed by atoms with E-state index in [1.54, 1.807) is 0 Å². The lowest BCUT2D eigenvalue weighted by molar-refractivity contribution is -0.0989. The third-order valence-electron chi connectivity index (χ3n) is 5.90. The average Bonchev–Trinajstić information content (AvgIpc) is 2.58. The van der Waals surface area contributed by atoms with Crippen LogP contribution >= 0.6 is 0 Å². The summed E-state index contributed by atoms with van der Waals surface area (Å²) in [5, 5.41) is 0. The Kier molecular flexibility index (Phi) is 6.58. The minimum Gasteiger partial charge on any atom is -0.381 e. The van der Waals surface area contributed by atoms with Crippen molar-refractivity contribution in [2.45, 2.75) is 114 Å². The first-order valence-electron chi connectivity index (χ1n) is 9.67. The van der Waals surface area contributed by atoms with Gasteiger partial charge in [-0.05, 0) is 64.2 Å². The normalized spacial score (nSPS) is 38.0. The van der Waals surface area contributed by atoms with Crippen LogP contribution in [0.15, 0.2) is 0 Å². The largest absolute Gasteiger partial charge is 0.381 e. The summed E-state index contributed by atoms with van der Waals surface area (Å²) < 4.78 is 18.1. The van der Waals surface area contributed by atoms with Crippen molar-refractivity contribution in [2.24, 2.45) is 0 Å². The van der Waals surface area contributed by atoms with Crippen LogP contribution in [0.1, 0.15) is 83.5 Å². The van der Waals surface area contributed by atoms with Gasteiger partial charge in [0.2, 0.25) is 0 Å². The van der Waals surface area contributed by atoms with Crippen LogP contribution in [0.4, 0.5) is 0 Å². The van der Waals surface area contributed by atoms with Gasteiger partial charge >= 0.3 is 0 Å². The first-order valence-corrected chi connectivity index (χ1v) is 9.67. The maximum atomic E-state index is 6.35. The Bertz CT molecular complexity index is 298. The molecule has 128 valence electrons. The van der Waals surface area contributed by atoms with Crippen LogP contribution < -0.4 is 0 Å². The van der Waals surface area contributed by atoms with Crippen molar-refractivity contribution in [2.75, 3.05) is 7.11 Å². The molecule has 0 saturated heterocycles. The average molecular weight is 310 g/mol. The zero-order valence-electron chi connectivity index (χ0n) is 14.3. The highest BCUT2D eigenvalue weighted by Crippen LogP contribution is 2.31. The molecule has 0 aromatic rings. The summed E-state index contributed by atoms with van der Waals surface area (Å²) in [6, 6.07) is 0. The van der Waals surface area contributed by atoms with Crippen LogP contribution in [0.3, 0.4) is 0 Å². The molecule has 0 N–H and O–H groups in total. The standard InChI is InChI=1S/C19H34O3/c1-20-15-7-9-17(10-8-15)22-19-13-11-18(12-14-19)21-16-5-3-2-4-6-16/h15-19H,2-14H2,1H3. The van der Waals surface area contributed by atoms with E-state index in [1.165, 1.54) is 83.5 Å². The van der Waals surface area contributed by atoms with Crippen molar-refractivity contribution in [3.8, 4) is 0 Å². The number of rotatable bonds is 5. The molecule has 3 aliphatic rings. The van der Waals surface area contributed by atoms with Gasteiger partial charge in [0, 0.05) is 7.11 Å². The van der Waals surface area contributed by atoms with Gasteiger partial charge in [-0.15, -0.1) is 0 Å². The van der Waals surface area contributed by atoms with Crippen LogP contribution in [0.5, 0.6) is 0 Å². The summed E-state index contributed by atoms with van der Waals surface area (Å²) >= 11 is 0. The molecule has 3 nitrogen and oxygen atoms in total. The van der Waals surface area contributed by atoms with Crippen LogP contribution in [0, 0.1) is 0 Å². The lowest BCUT2D eigenvalue weighted by Gasteiger charge is -2.35. The predicted molar refractivity (Wildman–Crippen MR) is 88.1 cm³/mol. The van der Waals surface area contributed by atoms with E-state index in [0.29, 0.717) is 30.5 Å². The number of methoxy groups -OCH3 is 1. The maximum Gasteiger partial charge on any atom is 0.0580 e. The fourth-order valence-corrected chi connectivity index (χ4v) is 4.45. The van der Waals surface area contributed by atoms with E-state index in [0.717, 1.165) is 0 Å². The van der Waals surface area contributed by atoms with Gasteiger partial charge in [0.15, 0.2) is 0 Å². The summed E-state index contributed by atoms with van der Waals surface area (Å²) in [6.45, 7) is 0. The highest BCUT2D eigenvalue weighted by Gasteiger charge is 2.29. The highest BCUT2D eigenvalue weighted by atomic mass is 16.5. The van der Waals surface area contributed by atoms with E-state index in [1.807, 2.05) is 7.11 Å². The van der Waals surface area contributed by atoms with Crippen molar-refractivity contribution < 1.29 is 14.2 Å². The van der Waals surface area contributed by atoms with Crippen molar-refractivity contribution in [3.05, 3.63) is 0 Å². The van der Waals surface area contributed by atoms with Gasteiger partial charge in [0.1, 0.15) is 0 Å². The zero-order valence-corrected chi connectivity index (χ0v) is 14.3. The topological polar surface area (TPSA) is 27.7 Å². The molecule has 0 spiro atoms. The van der Waals surface area contributed by atoms with E-state index < -0.39 is 0 Å². The molecule has 3 aliphatic carbocycles. The second kappa shape index (κ2) is 8.65. The highest BCUT2D eigenvalue weighted by molar-refractivity contribution is 4.79. The second-order valence-electron chi connectivity index (χ2n) is 7.57. The van der Waals surface area contributed by atoms with Crippen LogP contribution in [-0.2, 0) is 14.2 Å². The van der Waals surface area contributed by atoms with Gasteiger partial charge in [0.25, 0.3) is 0 Å². The Labute approximate surface area is 136 Å². The first kappa shape index (κ1) is 16.7. The molecule has 0 aromatic carbocycles. The molecule has 0 aromatic heterocycles. The van der Waals surface area contributed by atoms with Crippen LogP contribution in [0.2, 0.25) is 0 Å². The predicted octanol–water partition coefficient (Wildman–Crippen LogP) is 4.62. The molecule has 0 radical (unpaired) electrons. The number of hydrogen-bond acceptors (Lipinski definition) is 3. The minimum absolute atomic E-state index is 0.472. The van der Waals surface area contributed by atoms with Crippen LogP contribution in [0.25, 0.3) is 0 Å². The number of hydrogen-bond donors (Lipinski definition) is 0. The van der Waals surface area contributed by atoms with Crippen molar-refractivity contribution >= 4 is 0 Å². The fourth-order valence-electron chi connectivity index (χ4n) is 4.45. The van der Waals surface area contributed by atoms with Gasteiger partial charge in [0.05, 0.1) is 30.5 Å².